The number of aliphatic hydroxyl groups is 1. The number of anilines is 1. The van der Waals surface area contributed by atoms with E-state index in [0.29, 0.717) is 24.1 Å². The lowest BCUT2D eigenvalue weighted by Crippen LogP contribution is -2.42. The van der Waals surface area contributed by atoms with Gasteiger partial charge >= 0.3 is 5.97 Å². The molecule has 1 saturated carbocycles. The Balaban J connectivity index is 1.59. The van der Waals surface area contributed by atoms with Gasteiger partial charge in [0.15, 0.2) is 12.2 Å². The number of benzene rings is 2. The van der Waals surface area contributed by atoms with Gasteiger partial charge in [0.05, 0.1) is 17.3 Å². The summed E-state index contributed by atoms with van der Waals surface area (Å²) in [5.41, 5.74) is 0.0719. The van der Waals surface area contributed by atoms with Crippen LogP contribution in [0.15, 0.2) is 54.6 Å². The van der Waals surface area contributed by atoms with Crippen LogP contribution in [0.4, 0.5) is 5.69 Å². The maximum absolute atomic E-state index is 12.8. The van der Waals surface area contributed by atoms with Crippen molar-refractivity contribution in [2.45, 2.75) is 50.7 Å². The molecule has 2 aromatic rings. The first-order chi connectivity index (χ1) is 14.9. The lowest BCUT2D eigenvalue weighted by atomic mass is 9.85. The molecule has 0 heterocycles. The summed E-state index contributed by atoms with van der Waals surface area (Å²) in [4.78, 5) is 37.3. The standard InChI is InChI=1S/C24H28N2O5/c1-17(18-10-4-2-5-11-18)25-22(28)19-12-6-7-13-20(19)26-21(27)16-31-23(29)24(30)14-8-3-9-15-24/h2,4-7,10-13,17,30H,3,8-9,14-16H2,1H3,(H,25,28)(H,26,27). The molecule has 0 saturated heterocycles. The Morgan fingerprint density at radius 3 is 2.35 bits per heavy atom. The first-order valence-electron chi connectivity index (χ1n) is 10.5. The number of amides is 2. The van der Waals surface area contributed by atoms with Crippen LogP contribution >= 0.6 is 0 Å². The maximum Gasteiger partial charge on any atom is 0.338 e. The Morgan fingerprint density at radius 1 is 1.00 bits per heavy atom. The molecule has 0 aliphatic heterocycles. The predicted molar refractivity (Wildman–Crippen MR) is 116 cm³/mol. The van der Waals surface area contributed by atoms with E-state index in [1.54, 1.807) is 24.3 Å². The Labute approximate surface area is 181 Å². The number of carbonyl (C=O) groups excluding carboxylic acids is 3. The molecule has 1 unspecified atom stereocenters. The highest BCUT2D eigenvalue weighted by atomic mass is 16.6. The number of esters is 1. The first-order valence-corrected chi connectivity index (χ1v) is 10.5. The fraction of sp³-hybridized carbons (Fsp3) is 0.375. The molecule has 3 rings (SSSR count). The number of hydrogen-bond donors (Lipinski definition) is 3. The van der Waals surface area contributed by atoms with Crippen LogP contribution < -0.4 is 10.6 Å². The second kappa shape index (κ2) is 10.2. The molecule has 1 fully saturated rings. The van der Waals surface area contributed by atoms with Crippen molar-refractivity contribution in [3.63, 3.8) is 0 Å². The van der Waals surface area contributed by atoms with Crippen molar-refractivity contribution in [2.75, 3.05) is 11.9 Å². The lowest BCUT2D eigenvalue weighted by Gasteiger charge is -2.29. The van der Waals surface area contributed by atoms with E-state index in [9.17, 15) is 19.5 Å². The molecule has 0 spiro atoms. The summed E-state index contributed by atoms with van der Waals surface area (Å²) in [6.07, 6.45) is 3.16. The minimum Gasteiger partial charge on any atom is -0.453 e. The van der Waals surface area contributed by atoms with Gasteiger partial charge in [0, 0.05) is 0 Å². The quantitative estimate of drug-likeness (QED) is 0.591. The van der Waals surface area contributed by atoms with Crippen LogP contribution in [0.25, 0.3) is 0 Å². The molecule has 31 heavy (non-hydrogen) atoms. The summed E-state index contributed by atoms with van der Waals surface area (Å²) < 4.78 is 5.04. The molecule has 0 radical (unpaired) electrons. The van der Waals surface area contributed by atoms with Gasteiger partial charge < -0.3 is 20.5 Å². The molecule has 1 aliphatic carbocycles. The number of rotatable bonds is 7. The molecule has 0 aromatic heterocycles. The first kappa shape index (κ1) is 22.5. The molecular weight excluding hydrogens is 396 g/mol. The van der Waals surface area contributed by atoms with Crippen molar-refractivity contribution in [3.8, 4) is 0 Å². The summed E-state index contributed by atoms with van der Waals surface area (Å²) in [7, 11) is 0. The smallest absolute Gasteiger partial charge is 0.338 e. The summed E-state index contributed by atoms with van der Waals surface area (Å²) in [6.45, 7) is 1.35. The van der Waals surface area contributed by atoms with E-state index in [-0.39, 0.29) is 11.9 Å². The van der Waals surface area contributed by atoms with E-state index in [2.05, 4.69) is 10.6 Å². The van der Waals surface area contributed by atoms with Crippen molar-refractivity contribution < 1.29 is 24.2 Å². The number of nitrogens with one attached hydrogen (secondary N) is 2. The average molecular weight is 424 g/mol. The van der Waals surface area contributed by atoms with E-state index in [4.69, 9.17) is 4.74 Å². The largest absolute Gasteiger partial charge is 0.453 e. The number of para-hydroxylation sites is 1. The molecule has 2 amide bonds. The predicted octanol–water partition coefficient (Wildman–Crippen LogP) is 3.35. The molecule has 2 aromatic carbocycles. The van der Waals surface area contributed by atoms with E-state index < -0.39 is 24.1 Å². The third-order valence-electron chi connectivity index (χ3n) is 5.49. The molecule has 1 aliphatic rings. The van der Waals surface area contributed by atoms with Crippen LogP contribution in [0.1, 0.15) is 61.0 Å². The highest BCUT2D eigenvalue weighted by molar-refractivity contribution is 6.04. The van der Waals surface area contributed by atoms with Crippen molar-refractivity contribution in [2.24, 2.45) is 0 Å². The van der Waals surface area contributed by atoms with E-state index >= 15 is 0 Å². The summed E-state index contributed by atoms with van der Waals surface area (Å²) in [5.74, 6) is -1.69. The molecular formula is C24H28N2O5. The van der Waals surface area contributed by atoms with Crippen LogP contribution in [0.5, 0.6) is 0 Å². The lowest BCUT2D eigenvalue weighted by molar-refractivity contribution is -0.170. The average Bonchev–Trinajstić information content (AvgIpc) is 2.78. The zero-order chi connectivity index (χ0) is 22.3. The summed E-state index contributed by atoms with van der Waals surface area (Å²) in [6, 6.07) is 16.0. The number of hydrogen-bond acceptors (Lipinski definition) is 5. The van der Waals surface area contributed by atoms with Crippen molar-refractivity contribution >= 4 is 23.5 Å². The number of ether oxygens (including phenoxy) is 1. The van der Waals surface area contributed by atoms with E-state index in [1.165, 1.54) is 0 Å². The molecule has 0 bridgehead atoms. The molecule has 7 heteroatoms. The monoisotopic (exact) mass is 424 g/mol. The molecule has 1 atom stereocenters. The van der Waals surface area contributed by atoms with Crippen LogP contribution in [0.3, 0.4) is 0 Å². The third kappa shape index (κ3) is 5.92. The highest BCUT2D eigenvalue weighted by Gasteiger charge is 2.38. The van der Waals surface area contributed by atoms with Gasteiger partial charge in [-0.3, -0.25) is 9.59 Å². The van der Waals surface area contributed by atoms with Crippen LogP contribution in [-0.4, -0.2) is 35.1 Å². The van der Waals surface area contributed by atoms with Gasteiger partial charge in [-0.15, -0.1) is 0 Å². The van der Waals surface area contributed by atoms with E-state index in [0.717, 1.165) is 24.8 Å². The topological polar surface area (TPSA) is 105 Å². The van der Waals surface area contributed by atoms with Crippen LogP contribution in [0, 0.1) is 0 Å². The molecule has 3 N–H and O–H groups in total. The summed E-state index contributed by atoms with van der Waals surface area (Å²) >= 11 is 0. The zero-order valence-corrected chi connectivity index (χ0v) is 17.6. The fourth-order valence-electron chi connectivity index (χ4n) is 3.68. The normalized spacial score (nSPS) is 16.1. The van der Waals surface area contributed by atoms with Gasteiger partial charge in [-0.1, -0.05) is 48.9 Å². The minimum atomic E-state index is -1.51. The van der Waals surface area contributed by atoms with Gasteiger partial charge in [-0.25, -0.2) is 4.79 Å². The van der Waals surface area contributed by atoms with Gasteiger partial charge in [-0.2, -0.15) is 0 Å². The molecule has 7 nitrogen and oxygen atoms in total. The highest BCUT2D eigenvalue weighted by Crippen LogP contribution is 2.29. The van der Waals surface area contributed by atoms with Gasteiger partial charge in [0.1, 0.15) is 0 Å². The van der Waals surface area contributed by atoms with Crippen molar-refractivity contribution in [1.82, 2.24) is 5.32 Å². The SMILES string of the molecule is CC(NC(=O)c1ccccc1NC(=O)COC(=O)C1(O)CCCCC1)c1ccccc1. The van der Waals surface area contributed by atoms with E-state index in [1.807, 2.05) is 37.3 Å². The Hall–Kier alpha value is -3.19. The van der Waals surface area contributed by atoms with Crippen molar-refractivity contribution in [1.29, 1.82) is 0 Å². The fourth-order valence-corrected chi connectivity index (χ4v) is 3.68. The molecule has 164 valence electrons. The Morgan fingerprint density at radius 2 is 1.65 bits per heavy atom. The van der Waals surface area contributed by atoms with Crippen molar-refractivity contribution in [3.05, 3.63) is 65.7 Å². The summed E-state index contributed by atoms with van der Waals surface area (Å²) in [5, 5.41) is 15.9. The van der Waals surface area contributed by atoms with Gasteiger partial charge in [0.2, 0.25) is 0 Å². The van der Waals surface area contributed by atoms with Crippen LogP contribution in [0.2, 0.25) is 0 Å². The minimum absolute atomic E-state index is 0.213. The second-order valence-electron chi connectivity index (χ2n) is 7.87. The Bertz CT molecular complexity index is 923. The van der Waals surface area contributed by atoms with Crippen LogP contribution in [-0.2, 0) is 14.3 Å². The van der Waals surface area contributed by atoms with Gasteiger partial charge in [0.25, 0.3) is 11.8 Å². The Kier molecular flexibility index (Phi) is 7.41. The second-order valence-corrected chi connectivity index (χ2v) is 7.87. The van der Waals surface area contributed by atoms with Gasteiger partial charge in [-0.05, 0) is 50.3 Å². The maximum atomic E-state index is 12.8. The number of carbonyl (C=O) groups is 3. The zero-order valence-electron chi connectivity index (χ0n) is 17.6. The third-order valence-corrected chi connectivity index (χ3v) is 5.49.